The Labute approximate surface area is 139 Å². The Morgan fingerprint density at radius 2 is 2.00 bits per heavy atom. The third-order valence-corrected chi connectivity index (χ3v) is 4.18. The normalized spacial score (nSPS) is 17.2. The number of ether oxygens (including phenoxy) is 2. The molecule has 1 aromatic carbocycles. The first kappa shape index (κ1) is 16.3. The number of carbonyl (C=O) groups excluding carboxylic acids is 3. The summed E-state index contributed by atoms with van der Waals surface area (Å²) in [7, 11) is 0. The molecule has 1 saturated carbocycles. The van der Waals surface area contributed by atoms with E-state index in [0.29, 0.717) is 11.4 Å². The monoisotopic (exact) mass is 332 g/mol. The quantitative estimate of drug-likeness (QED) is 0.814. The zero-order chi connectivity index (χ0) is 16.9. The number of hydrogen-bond acceptors (Lipinski definition) is 5. The van der Waals surface area contributed by atoms with E-state index in [-0.39, 0.29) is 37.6 Å². The molecule has 1 heterocycles. The molecule has 1 aliphatic heterocycles. The van der Waals surface area contributed by atoms with Crippen LogP contribution in [0.1, 0.15) is 25.7 Å². The minimum atomic E-state index is -0.623. The highest BCUT2D eigenvalue weighted by molar-refractivity contribution is 6.01. The van der Waals surface area contributed by atoms with E-state index >= 15 is 0 Å². The second-order valence-electron chi connectivity index (χ2n) is 5.95. The maximum Gasteiger partial charge on any atom is 0.326 e. The molecule has 24 heavy (non-hydrogen) atoms. The van der Waals surface area contributed by atoms with Crippen molar-refractivity contribution < 1.29 is 23.9 Å². The van der Waals surface area contributed by atoms with Crippen LogP contribution in [-0.4, -0.2) is 43.6 Å². The molecule has 1 fully saturated rings. The summed E-state index contributed by atoms with van der Waals surface area (Å²) in [4.78, 5) is 37.0. The molecule has 0 radical (unpaired) electrons. The zero-order valence-electron chi connectivity index (χ0n) is 13.3. The molecule has 0 bridgehead atoms. The summed E-state index contributed by atoms with van der Waals surface area (Å²) in [5.41, 5.74) is 0.529. The molecule has 0 unspecified atom stereocenters. The Kier molecular flexibility index (Phi) is 4.98. The number of amides is 2. The molecule has 3 rings (SSSR count). The van der Waals surface area contributed by atoms with Crippen LogP contribution in [0.3, 0.4) is 0 Å². The first-order chi connectivity index (χ1) is 11.6. The van der Waals surface area contributed by atoms with E-state index in [1.165, 1.54) is 4.90 Å². The first-order valence-corrected chi connectivity index (χ1v) is 8.10. The number of benzene rings is 1. The van der Waals surface area contributed by atoms with E-state index in [1.807, 2.05) is 0 Å². The Morgan fingerprint density at radius 1 is 1.25 bits per heavy atom. The van der Waals surface area contributed by atoms with Crippen molar-refractivity contribution >= 4 is 23.5 Å². The molecule has 0 spiro atoms. The van der Waals surface area contributed by atoms with Crippen molar-refractivity contribution in [3.63, 3.8) is 0 Å². The predicted molar refractivity (Wildman–Crippen MR) is 85.6 cm³/mol. The number of fused-ring (bicyclic) bond motifs is 1. The van der Waals surface area contributed by atoms with Crippen LogP contribution in [0.25, 0.3) is 0 Å². The van der Waals surface area contributed by atoms with Gasteiger partial charge in [-0.05, 0) is 25.0 Å². The van der Waals surface area contributed by atoms with Crippen LogP contribution >= 0.6 is 0 Å². The number of hydrogen-bond donors (Lipinski definition) is 1. The third kappa shape index (κ3) is 3.84. The lowest BCUT2D eigenvalue weighted by molar-refractivity contribution is -0.148. The molecular weight excluding hydrogens is 312 g/mol. The summed E-state index contributed by atoms with van der Waals surface area (Å²) in [6, 6.07) is 7.16. The average molecular weight is 332 g/mol. The SMILES string of the molecule is O=C(COC(=O)CN1C(=O)COc2ccccc21)NC1CCCC1. The predicted octanol–water partition coefficient (Wildman–Crippen LogP) is 1.01. The Bertz CT molecular complexity index is 640. The van der Waals surface area contributed by atoms with E-state index in [9.17, 15) is 14.4 Å². The highest BCUT2D eigenvalue weighted by Crippen LogP contribution is 2.31. The molecule has 1 aliphatic carbocycles. The van der Waals surface area contributed by atoms with E-state index in [2.05, 4.69) is 5.32 Å². The molecule has 7 nitrogen and oxygen atoms in total. The number of anilines is 1. The lowest BCUT2D eigenvalue weighted by Crippen LogP contribution is -2.43. The van der Waals surface area contributed by atoms with Gasteiger partial charge in [-0.15, -0.1) is 0 Å². The number of nitrogens with one attached hydrogen (secondary N) is 1. The fourth-order valence-electron chi connectivity index (χ4n) is 2.99. The lowest BCUT2D eigenvalue weighted by Gasteiger charge is -2.28. The van der Waals surface area contributed by atoms with Crippen LogP contribution in [0, 0.1) is 0 Å². The molecule has 7 heteroatoms. The fourth-order valence-corrected chi connectivity index (χ4v) is 2.99. The largest absolute Gasteiger partial charge is 0.482 e. The Balaban J connectivity index is 1.51. The van der Waals surface area contributed by atoms with Gasteiger partial charge in [0.1, 0.15) is 12.3 Å². The van der Waals surface area contributed by atoms with Gasteiger partial charge in [-0.3, -0.25) is 19.3 Å². The number of rotatable bonds is 5. The summed E-state index contributed by atoms with van der Waals surface area (Å²) >= 11 is 0. The van der Waals surface area contributed by atoms with Crippen LogP contribution in [0.5, 0.6) is 5.75 Å². The van der Waals surface area contributed by atoms with E-state index in [1.54, 1.807) is 24.3 Å². The van der Waals surface area contributed by atoms with Crippen molar-refractivity contribution in [1.29, 1.82) is 0 Å². The highest BCUT2D eigenvalue weighted by atomic mass is 16.5. The van der Waals surface area contributed by atoms with Gasteiger partial charge in [0.2, 0.25) is 0 Å². The van der Waals surface area contributed by atoms with Crippen molar-refractivity contribution in [2.24, 2.45) is 0 Å². The summed E-state index contributed by atoms with van der Waals surface area (Å²) in [5, 5.41) is 2.85. The van der Waals surface area contributed by atoms with Gasteiger partial charge in [0.15, 0.2) is 13.2 Å². The van der Waals surface area contributed by atoms with E-state index in [0.717, 1.165) is 25.7 Å². The molecule has 2 amide bonds. The standard InChI is InChI=1S/C17H20N2O5/c20-15(18-12-5-1-2-6-12)10-24-17(22)9-19-13-7-3-4-8-14(13)23-11-16(19)21/h3-4,7-8,12H,1-2,5-6,9-11H2,(H,18,20). The third-order valence-electron chi connectivity index (χ3n) is 4.18. The van der Waals surface area contributed by atoms with Crippen LogP contribution in [-0.2, 0) is 19.1 Å². The van der Waals surface area contributed by atoms with Gasteiger partial charge in [0, 0.05) is 6.04 Å². The van der Waals surface area contributed by atoms with Crippen LogP contribution in [0.4, 0.5) is 5.69 Å². The lowest BCUT2D eigenvalue weighted by atomic mass is 10.2. The Hall–Kier alpha value is -2.57. The van der Waals surface area contributed by atoms with Gasteiger partial charge in [0.25, 0.3) is 11.8 Å². The number of nitrogens with zero attached hydrogens (tertiary/aromatic N) is 1. The highest BCUT2D eigenvalue weighted by Gasteiger charge is 2.27. The Morgan fingerprint density at radius 3 is 2.79 bits per heavy atom. The van der Waals surface area contributed by atoms with Crippen LogP contribution in [0.15, 0.2) is 24.3 Å². The molecular formula is C17H20N2O5. The van der Waals surface area contributed by atoms with Gasteiger partial charge in [0.05, 0.1) is 5.69 Å². The number of para-hydroxylation sites is 2. The van der Waals surface area contributed by atoms with Crippen molar-refractivity contribution in [2.45, 2.75) is 31.7 Å². The average Bonchev–Trinajstić information content (AvgIpc) is 3.08. The minimum absolute atomic E-state index is 0.119. The van der Waals surface area contributed by atoms with Crippen LogP contribution in [0.2, 0.25) is 0 Å². The molecule has 0 atom stereocenters. The smallest absolute Gasteiger partial charge is 0.326 e. The van der Waals surface area contributed by atoms with Crippen molar-refractivity contribution in [3.8, 4) is 5.75 Å². The number of esters is 1. The van der Waals surface area contributed by atoms with Gasteiger partial charge in [-0.25, -0.2) is 0 Å². The van der Waals surface area contributed by atoms with E-state index in [4.69, 9.17) is 9.47 Å². The molecule has 128 valence electrons. The molecule has 2 aliphatic rings. The van der Waals surface area contributed by atoms with Gasteiger partial charge in [-0.2, -0.15) is 0 Å². The second-order valence-corrected chi connectivity index (χ2v) is 5.95. The van der Waals surface area contributed by atoms with Crippen LogP contribution < -0.4 is 15.0 Å². The topological polar surface area (TPSA) is 84.9 Å². The van der Waals surface area contributed by atoms with Crippen molar-refractivity contribution in [1.82, 2.24) is 5.32 Å². The van der Waals surface area contributed by atoms with Crippen molar-refractivity contribution in [3.05, 3.63) is 24.3 Å². The zero-order valence-corrected chi connectivity index (χ0v) is 13.3. The number of carbonyl (C=O) groups is 3. The van der Waals surface area contributed by atoms with Gasteiger partial charge < -0.3 is 14.8 Å². The summed E-state index contributed by atoms with van der Waals surface area (Å²) in [6.45, 7) is -0.683. The minimum Gasteiger partial charge on any atom is -0.482 e. The fraction of sp³-hybridized carbons (Fsp3) is 0.471. The maximum atomic E-state index is 12.0. The summed E-state index contributed by atoms with van der Waals surface area (Å²) in [6.07, 6.45) is 4.17. The van der Waals surface area contributed by atoms with Crippen molar-refractivity contribution in [2.75, 3.05) is 24.7 Å². The summed E-state index contributed by atoms with van der Waals surface area (Å²) < 4.78 is 10.3. The molecule has 0 saturated heterocycles. The first-order valence-electron chi connectivity index (χ1n) is 8.10. The van der Waals surface area contributed by atoms with Gasteiger partial charge >= 0.3 is 5.97 Å². The maximum absolute atomic E-state index is 12.0. The molecule has 0 aromatic heterocycles. The van der Waals surface area contributed by atoms with E-state index < -0.39 is 5.97 Å². The second kappa shape index (κ2) is 7.33. The molecule has 1 aromatic rings. The van der Waals surface area contributed by atoms with Gasteiger partial charge in [-0.1, -0.05) is 25.0 Å². The summed E-state index contributed by atoms with van der Waals surface area (Å²) in [5.74, 6) is -0.699. The molecule has 1 N–H and O–H groups in total.